The van der Waals surface area contributed by atoms with Gasteiger partial charge in [0.25, 0.3) is 0 Å². The summed E-state index contributed by atoms with van der Waals surface area (Å²) in [6.45, 7) is 0.373. The molecule has 0 aliphatic heterocycles. The molecule has 2 N–H and O–H groups in total. The Balaban J connectivity index is 1.72. The Labute approximate surface area is 108 Å². The van der Waals surface area contributed by atoms with Crippen LogP contribution < -0.4 is 5.73 Å². The standard InChI is InChI=1S/C15H21NO2/c16-14-8-4-7-13(9-14)10-15(17)18-11-12-5-2-1-3-6-12/h1-3,5-6,13-14H,4,7-11,16H2/t13-,14+/m1/s1. The van der Waals surface area contributed by atoms with Crippen molar-refractivity contribution in [2.24, 2.45) is 11.7 Å². The van der Waals surface area contributed by atoms with E-state index in [4.69, 9.17) is 10.5 Å². The molecule has 0 radical (unpaired) electrons. The van der Waals surface area contributed by atoms with Crippen molar-refractivity contribution in [3.8, 4) is 0 Å². The molecular weight excluding hydrogens is 226 g/mol. The average Bonchev–Trinajstić information content (AvgIpc) is 2.38. The molecule has 1 aliphatic rings. The Morgan fingerprint density at radius 1 is 1.28 bits per heavy atom. The number of benzene rings is 1. The van der Waals surface area contributed by atoms with E-state index in [1.807, 2.05) is 30.3 Å². The van der Waals surface area contributed by atoms with Crippen molar-refractivity contribution in [2.75, 3.05) is 0 Å². The SMILES string of the molecule is N[C@H]1CCC[C@@H](CC(=O)OCc2ccccc2)C1. The number of hydrogen-bond donors (Lipinski definition) is 1. The molecule has 2 atom stereocenters. The third kappa shape index (κ3) is 4.15. The molecule has 1 aromatic carbocycles. The molecule has 2 rings (SSSR count). The van der Waals surface area contributed by atoms with E-state index >= 15 is 0 Å². The Morgan fingerprint density at radius 3 is 2.78 bits per heavy atom. The van der Waals surface area contributed by atoms with Gasteiger partial charge in [-0.1, -0.05) is 36.8 Å². The van der Waals surface area contributed by atoms with Gasteiger partial charge in [0.2, 0.25) is 0 Å². The summed E-state index contributed by atoms with van der Waals surface area (Å²) in [5.41, 5.74) is 6.95. The zero-order valence-electron chi connectivity index (χ0n) is 10.7. The van der Waals surface area contributed by atoms with Crippen LogP contribution in [-0.4, -0.2) is 12.0 Å². The van der Waals surface area contributed by atoms with Gasteiger partial charge in [-0.05, 0) is 30.7 Å². The van der Waals surface area contributed by atoms with E-state index in [0.717, 1.165) is 31.2 Å². The first-order valence-corrected chi connectivity index (χ1v) is 6.69. The largest absolute Gasteiger partial charge is 0.461 e. The number of nitrogens with two attached hydrogens (primary N) is 1. The molecule has 0 amide bonds. The summed E-state index contributed by atoms with van der Waals surface area (Å²) in [6.07, 6.45) is 4.81. The maximum atomic E-state index is 11.7. The third-order valence-corrected chi connectivity index (χ3v) is 3.52. The molecule has 0 unspecified atom stereocenters. The highest BCUT2D eigenvalue weighted by atomic mass is 16.5. The van der Waals surface area contributed by atoms with Gasteiger partial charge in [0.05, 0.1) is 0 Å². The van der Waals surface area contributed by atoms with Crippen LogP contribution in [0.5, 0.6) is 0 Å². The second-order valence-corrected chi connectivity index (χ2v) is 5.14. The smallest absolute Gasteiger partial charge is 0.306 e. The molecule has 1 aromatic rings. The van der Waals surface area contributed by atoms with Crippen molar-refractivity contribution in [2.45, 2.75) is 44.8 Å². The summed E-state index contributed by atoms with van der Waals surface area (Å²) < 4.78 is 5.29. The summed E-state index contributed by atoms with van der Waals surface area (Å²) >= 11 is 0. The lowest BCUT2D eigenvalue weighted by molar-refractivity contribution is -0.146. The summed E-state index contributed by atoms with van der Waals surface area (Å²) in [7, 11) is 0. The predicted octanol–water partition coefficient (Wildman–Crippen LogP) is 2.64. The van der Waals surface area contributed by atoms with Gasteiger partial charge in [0.1, 0.15) is 6.61 Å². The van der Waals surface area contributed by atoms with Gasteiger partial charge in [-0.25, -0.2) is 0 Å². The Morgan fingerprint density at radius 2 is 2.06 bits per heavy atom. The van der Waals surface area contributed by atoms with Gasteiger partial charge in [-0.3, -0.25) is 4.79 Å². The molecule has 0 bridgehead atoms. The van der Waals surface area contributed by atoms with Gasteiger partial charge < -0.3 is 10.5 Å². The Kier molecular flexibility index (Phi) is 4.76. The highest BCUT2D eigenvalue weighted by molar-refractivity contribution is 5.69. The van der Waals surface area contributed by atoms with Crippen LogP contribution in [0.3, 0.4) is 0 Å². The van der Waals surface area contributed by atoms with E-state index in [-0.39, 0.29) is 12.0 Å². The average molecular weight is 247 g/mol. The monoisotopic (exact) mass is 247 g/mol. The summed E-state index contributed by atoms with van der Waals surface area (Å²) in [4.78, 5) is 11.7. The number of ether oxygens (including phenoxy) is 1. The fourth-order valence-electron chi connectivity index (χ4n) is 2.55. The predicted molar refractivity (Wildman–Crippen MR) is 70.8 cm³/mol. The van der Waals surface area contributed by atoms with Crippen LogP contribution in [0.1, 0.15) is 37.7 Å². The maximum Gasteiger partial charge on any atom is 0.306 e. The normalized spacial score (nSPS) is 23.6. The fourth-order valence-corrected chi connectivity index (χ4v) is 2.55. The lowest BCUT2D eigenvalue weighted by Crippen LogP contribution is -2.29. The molecule has 0 heterocycles. The third-order valence-electron chi connectivity index (χ3n) is 3.52. The maximum absolute atomic E-state index is 11.7. The number of carbonyl (C=O) groups is 1. The molecule has 1 saturated carbocycles. The van der Waals surface area contributed by atoms with E-state index in [9.17, 15) is 4.79 Å². The molecule has 3 nitrogen and oxygen atoms in total. The van der Waals surface area contributed by atoms with Crippen LogP contribution in [0, 0.1) is 5.92 Å². The van der Waals surface area contributed by atoms with Crippen molar-refractivity contribution >= 4 is 5.97 Å². The molecule has 18 heavy (non-hydrogen) atoms. The minimum absolute atomic E-state index is 0.0991. The summed E-state index contributed by atoms with van der Waals surface area (Å²) in [6, 6.07) is 10.0. The number of carbonyl (C=O) groups excluding carboxylic acids is 1. The van der Waals surface area contributed by atoms with E-state index in [2.05, 4.69) is 0 Å². The first-order chi connectivity index (χ1) is 8.74. The van der Waals surface area contributed by atoms with Gasteiger partial charge in [0, 0.05) is 12.5 Å². The van der Waals surface area contributed by atoms with Gasteiger partial charge in [-0.15, -0.1) is 0 Å². The molecule has 0 saturated heterocycles. The van der Waals surface area contributed by atoms with Crippen molar-refractivity contribution in [1.82, 2.24) is 0 Å². The molecule has 0 spiro atoms. The molecule has 98 valence electrons. The van der Waals surface area contributed by atoms with Gasteiger partial charge in [0.15, 0.2) is 0 Å². The lowest BCUT2D eigenvalue weighted by Gasteiger charge is -2.25. The highest BCUT2D eigenvalue weighted by Gasteiger charge is 2.22. The molecule has 3 heteroatoms. The van der Waals surface area contributed by atoms with Gasteiger partial charge in [-0.2, -0.15) is 0 Å². The molecular formula is C15H21NO2. The van der Waals surface area contributed by atoms with Crippen LogP contribution in [0.4, 0.5) is 0 Å². The van der Waals surface area contributed by atoms with Gasteiger partial charge >= 0.3 is 5.97 Å². The second kappa shape index (κ2) is 6.55. The Hall–Kier alpha value is -1.35. The van der Waals surface area contributed by atoms with Crippen molar-refractivity contribution < 1.29 is 9.53 Å². The summed E-state index contributed by atoms with van der Waals surface area (Å²) in [5, 5.41) is 0. The topological polar surface area (TPSA) is 52.3 Å². The minimum atomic E-state index is -0.0991. The van der Waals surface area contributed by atoms with E-state index in [1.165, 1.54) is 0 Å². The molecule has 1 fully saturated rings. The number of rotatable bonds is 4. The first-order valence-electron chi connectivity index (χ1n) is 6.69. The Bertz CT molecular complexity index is 377. The fraction of sp³-hybridized carbons (Fsp3) is 0.533. The minimum Gasteiger partial charge on any atom is -0.461 e. The lowest BCUT2D eigenvalue weighted by atomic mass is 9.84. The quantitative estimate of drug-likeness (QED) is 0.832. The van der Waals surface area contributed by atoms with Crippen molar-refractivity contribution in [3.63, 3.8) is 0 Å². The second-order valence-electron chi connectivity index (χ2n) is 5.14. The zero-order chi connectivity index (χ0) is 12.8. The van der Waals surface area contributed by atoms with Crippen LogP contribution in [0.2, 0.25) is 0 Å². The van der Waals surface area contributed by atoms with E-state index < -0.39 is 0 Å². The van der Waals surface area contributed by atoms with Crippen LogP contribution in [0.25, 0.3) is 0 Å². The van der Waals surface area contributed by atoms with Crippen LogP contribution in [-0.2, 0) is 16.1 Å². The molecule has 1 aliphatic carbocycles. The number of hydrogen-bond acceptors (Lipinski definition) is 3. The zero-order valence-corrected chi connectivity index (χ0v) is 10.7. The van der Waals surface area contributed by atoms with E-state index in [1.54, 1.807) is 0 Å². The van der Waals surface area contributed by atoms with Crippen LogP contribution in [0.15, 0.2) is 30.3 Å². The van der Waals surface area contributed by atoms with Crippen LogP contribution >= 0.6 is 0 Å². The number of esters is 1. The van der Waals surface area contributed by atoms with Crippen molar-refractivity contribution in [1.29, 1.82) is 0 Å². The highest BCUT2D eigenvalue weighted by Crippen LogP contribution is 2.26. The summed E-state index contributed by atoms with van der Waals surface area (Å²) in [5.74, 6) is 0.315. The molecule has 0 aromatic heterocycles. The van der Waals surface area contributed by atoms with E-state index in [0.29, 0.717) is 18.9 Å². The van der Waals surface area contributed by atoms with Crippen molar-refractivity contribution in [3.05, 3.63) is 35.9 Å². The first kappa shape index (κ1) is 13.1.